The number of benzene rings is 2. The second kappa shape index (κ2) is 7.89. The highest BCUT2D eigenvalue weighted by Gasteiger charge is 2.29. The summed E-state index contributed by atoms with van der Waals surface area (Å²) in [5, 5.41) is 2.31. The molecule has 2 aromatic rings. The van der Waals surface area contributed by atoms with Crippen molar-refractivity contribution in [2.24, 2.45) is 0 Å². The Morgan fingerprint density at radius 1 is 1.07 bits per heavy atom. The zero-order valence-corrected chi connectivity index (χ0v) is 15.5. The highest BCUT2D eigenvalue weighted by Crippen LogP contribution is 2.23. The monoisotopic (exact) mass is 416 g/mol. The molecule has 1 heterocycles. The molecule has 0 spiro atoms. The molecule has 0 aromatic heterocycles. The van der Waals surface area contributed by atoms with Gasteiger partial charge in [0.2, 0.25) is 10.0 Å². The molecule has 27 heavy (non-hydrogen) atoms. The number of sulfonamides is 1. The molecule has 1 fully saturated rings. The van der Waals surface area contributed by atoms with Gasteiger partial charge < -0.3 is 10.1 Å². The molecule has 2 aromatic carbocycles. The molecule has 1 aliphatic rings. The van der Waals surface area contributed by atoms with E-state index in [-0.39, 0.29) is 42.6 Å². The average Bonchev–Trinajstić information content (AvgIpc) is 2.65. The second-order valence-electron chi connectivity index (χ2n) is 5.74. The first-order valence-electron chi connectivity index (χ1n) is 7.93. The Morgan fingerprint density at radius 3 is 2.44 bits per heavy atom. The quantitative estimate of drug-likeness (QED) is 0.831. The Morgan fingerprint density at radius 2 is 1.78 bits per heavy atom. The van der Waals surface area contributed by atoms with Crippen LogP contribution in [0.15, 0.2) is 41.3 Å². The maximum absolute atomic E-state index is 14.2. The van der Waals surface area contributed by atoms with E-state index in [0.29, 0.717) is 0 Å². The molecular formula is C17H15ClF2N2O4S. The number of morpholine rings is 1. The van der Waals surface area contributed by atoms with Gasteiger partial charge in [0.25, 0.3) is 5.91 Å². The van der Waals surface area contributed by atoms with Gasteiger partial charge in [-0.05, 0) is 36.4 Å². The Bertz CT molecular complexity index is 979. The topological polar surface area (TPSA) is 75.7 Å². The third kappa shape index (κ3) is 4.27. The van der Waals surface area contributed by atoms with E-state index in [1.807, 2.05) is 0 Å². The van der Waals surface area contributed by atoms with Crippen molar-refractivity contribution in [3.8, 4) is 0 Å². The van der Waals surface area contributed by atoms with Gasteiger partial charge in [0.1, 0.15) is 16.5 Å². The summed E-state index contributed by atoms with van der Waals surface area (Å²) in [5.41, 5.74) is 0.0439. The first-order valence-corrected chi connectivity index (χ1v) is 9.75. The zero-order valence-electron chi connectivity index (χ0n) is 13.9. The van der Waals surface area contributed by atoms with Crippen molar-refractivity contribution < 1.29 is 26.7 Å². The smallest absolute Gasteiger partial charge is 0.255 e. The maximum atomic E-state index is 14.2. The van der Waals surface area contributed by atoms with Crippen LogP contribution >= 0.6 is 11.6 Å². The largest absolute Gasteiger partial charge is 0.379 e. The highest BCUT2D eigenvalue weighted by molar-refractivity contribution is 7.89. The fraction of sp³-hybridized carbons (Fsp3) is 0.235. The van der Waals surface area contributed by atoms with Gasteiger partial charge in [0.05, 0.1) is 18.2 Å². The number of anilines is 1. The summed E-state index contributed by atoms with van der Waals surface area (Å²) in [6.07, 6.45) is 0. The Kier molecular flexibility index (Phi) is 5.75. The van der Waals surface area contributed by atoms with E-state index < -0.39 is 32.5 Å². The van der Waals surface area contributed by atoms with Crippen LogP contribution in [0.1, 0.15) is 10.4 Å². The Balaban J connectivity index is 1.88. The lowest BCUT2D eigenvalue weighted by Crippen LogP contribution is -2.41. The lowest BCUT2D eigenvalue weighted by Gasteiger charge is -2.26. The molecule has 0 bridgehead atoms. The molecule has 10 heteroatoms. The van der Waals surface area contributed by atoms with Crippen molar-refractivity contribution in [3.05, 3.63) is 58.6 Å². The Labute approximate surface area is 159 Å². The molecule has 3 rings (SSSR count). The maximum Gasteiger partial charge on any atom is 0.255 e. The van der Waals surface area contributed by atoms with E-state index in [1.54, 1.807) is 0 Å². The number of amides is 1. The van der Waals surface area contributed by atoms with E-state index in [2.05, 4.69) is 5.32 Å². The average molecular weight is 417 g/mol. The van der Waals surface area contributed by atoms with E-state index in [9.17, 15) is 22.0 Å². The number of hydrogen-bond acceptors (Lipinski definition) is 4. The standard InChI is InChI=1S/C17H15ClF2N2O4S/c18-13-3-2-12(10-15(13)20)21-17(23)11-1-4-14(19)16(9-11)27(24,25)22-5-7-26-8-6-22/h1-4,9-10H,5-8H2,(H,21,23). The van der Waals surface area contributed by atoms with Crippen LogP contribution in [0.3, 0.4) is 0 Å². The fourth-order valence-electron chi connectivity index (χ4n) is 2.55. The van der Waals surface area contributed by atoms with Gasteiger partial charge in [-0.3, -0.25) is 4.79 Å². The normalized spacial score (nSPS) is 15.5. The van der Waals surface area contributed by atoms with E-state index in [4.69, 9.17) is 16.3 Å². The van der Waals surface area contributed by atoms with Crippen molar-refractivity contribution in [1.29, 1.82) is 0 Å². The second-order valence-corrected chi connectivity index (χ2v) is 8.06. The minimum Gasteiger partial charge on any atom is -0.379 e. The Hall–Kier alpha value is -2.07. The molecule has 1 amide bonds. The minimum atomic E-state index is -4.11. The van der Waals surface area contributed by atoms with Crippen molar-refractivity contribution >= 4 is 33.2 Å². The summed E-state index contributed by atoms with van der Waals surface area (Å²) in [4.78, 5) is 11.8. The molecule has 1 N–H and O–H groups in total. The summed E-state index contributed by atoms with van der Waals surface area (Å²) in [6.45, 7) is 0.622. The SMILES string of the molecule is O=C(Nc1ccc(Cl)c(F)c1)c1ccc(F)c(S(=O)(=O)N2CCOCC2)c1. The van der Waals surface area contributed by atoms with Gasteiger partial charge in [-0.15, -0.1) is 0 Å². The molecule has 0 radical (unpaired) electrons. The minimum absolute atomic E-state index is 0.0846. The first kappa shape index (κ1) is 19.7. The molecule has 144 valence electrons. The number of halogens is 3. The van der Waals surface area contributed by atoms with Crippen LogP contribution in [0.5, 0.6) is 0 Å². The summed E-state index contributed by atoms with van der Waals surface area (Å²) in [5.74, 6) is -2.39. The number of carbonyl (C=O) groups excluding carboxylic acids is 1. The van der Waals surface area contributed by atoms with Gasteiger partial charge in [-0.25, -0.2) is 17.2 Å². The summed E-state index contributed by atoms with van der Waals surface area (Å²) in [7, 11) is -4.11. The van der Waals surface area contributed by atoms with Crippen LogP contribution in [0.2, 0.25) is 5.02 Å². The molecule has 0 atom stereocenters. The number of nitrogens with zero attached hydrogens (tertiary/aromatic N) is 1. The molecule has 1 aliphatic heterocycles. The molecular weight excluding hydrogens is 402 g/mol. The zero-order chi connectivity index (χ0) is 19.6. The predicted octanol–water partition coefficient (Wildman–Crippen LogP) is 2.89. The molecule has 0 unspecified atom stereocenters. The number of rotatable bonds is 4. The first-order chi connectivity index (χ1) is 12.8. The number of ether oxygens (including phenoxy) is 1. The molecule has 0 aliphatic carbocycles. The van der Waals surface area contributed by atoms with Crippen molar-refractivity contribution in [3.63, 3.8) is 0 Å². The van der Waals surface area contributed by atoms with Crippen LogP contribution in [0.4, 0.5) is 14.5 Å². The van der Waals surface area contributed by atoms with Crippen LogP contribution in [0.25, 0.3) is 0 Å². The lowest BCUT2D eigenvalue weighted by molar-refractivity contribution is 0.0729. The summed E-state index contributed by atoms with van der Waals surface area (Å²) in [6, 6.07) is 6.69. The number of nitrogens with one attached hydrogen (secondary N) is 1. The molecule has 6 nitrogen and oxygen atoms in total. The summed E-state index contributed by atoms with van der Waals surface area (Å²) >= 11 is 5.59. The van der Waals surface area contributed by atoms with E-state index >= 15 is 0 Å². The molecule has 0 saturated carbocycles. The van der Waals surface area contributed by atoms with Crippen LogP contribution in [0, 0.1) is 11.6 Å². The highest BCUT2D eigenvalue weighted by atomic mass is 35.5. The third-order valence-corrected chi connectivity index (χ3v) is 6.18. The predicted molar refractivity (Wildman–Crippen MR) is 95.3 cm³/mol. The van der Waals surface area contributed by atoms with Crippen molar-refractivity contribution in [2.75, 3.05) is 31.6 Å². The lowest BCUT2D eigenvalue weighted by atomic mass is 10.2. The van der Waals surface area contributed by atoms with Gasteiger partial charge >= 0.3 is 0 Å². The van der Waals surface area contributed by atoms with Crippen LogP contribution in [-0.4, -0.2) is 44.9 Å². The van der Waals surface area contributed by atoms with E-state index in [0.717, 1.165) is 28.6 Å². The fourth-order valence-corrected chi connectivity index (χ4v) is 4.16. The number of hydrogen-bond donors (Lipinski definition) is 1. The third-order valence-electron chi connectivity index (χ3n) is 3.96. The van der Waals surface area contributed by atoms with Crippen molar-refractivity contribution in [1.82, 2.24) is 4.31 Å². The van der Waals surface area contributed by atoms with Crippen LogP contribution in [-0.2, 0) is 14.8 Å². The number of carbonyl (C=O) groups is 1. The van der Waals surface area contributed by atoms with Crippen molar-refractivity contribution in [2.45, 2.75) is 4.90 Å². The van der Waals surface area contributed by atoms with Gasteiger partial charge in [-0.1, -0.05) is 11.6 Å². The van der Waals surface area contributed by atoms with Gasteiger partial charge in [0, 0.05) is 24.3 Å². The van der Waals surface area contributed by atoms with Gasteiger partial charge in [-0.2, -0.15) is 4.31 Å². The van der Waals surface area contributed by atoms with Gasteiger partial charge in [0.15, 0.2) is 0 Å². The summed E-state index contributed by atoms with van der Waals surface area (Å²) < 4.78 is 59.2. The van der Waals surface area contributed by atoms with E-state index in [1.165, 1.54) is 12.1 Å². The molecule has 1 saturated heterocycles. The van der Waals surface area contributed by atoms with Crippen LogP contribution < -0.4 is 5.32 Å².